The fraction of sp³-hybridized carbons (Fsp3) is 0.167. The smallest absolute Gasteiger partial charge is 0.266 e. The molecule has 0 unspecified atom stereocenters. The minimum atomic E-state index is -0.0778. The Hall–Kier alpha value is -2.95. The largest absolute Gasteiger partial charge is 0.478 e. The summed E-state index contributed by atoms with van der Waals surface area (Å²) in [6, 6.07) is 15.0. The second kappa shape index (κ2) is 5.35. The van der Waals surface area contributed by atoms with Gasteiger partial charge in [-0.1, -0.05) is 24.3 Å². The van der Waals surface area contributed by atoms with Crippen LogP contribution in [-0.4, -0.2) is 22.1 Å². The van der Waals surface area contributed by atoms with Gasteiger partial charge in [0.1, 0.15) is 12.4 Å². The van der Waals surface area contributed by atoms with Gasteiger partial charge in [-0.3, -0.25) is 9.36 Å². The van der Waals surface area contributed by atoms with Crippen LogP contribution in [0.2, 0.25) is 0 Å². The lowest BCUT2D eigenvalue weighted by Gasteiger charge is -2.13. The van der Waals surface area contributed by atoms with Gasteiger partial charge < -0.3 is 4.74 Å². The quantitative estimate of drug-likeness (QED) is 0.694. The predicted octanol–water partition coefficient (Wildman–Crippen LogP) is 2.68. The molecule has 0 amide bonds. The molecule has 2 aromatic carbocycles. The standard InChI is InChI=1S/C18H15N3O2/c1-2-23-17-13-8-4-6-10-15(13)21-16(11-19-17)20-14-9-5-3-7-12(14)18(21)22/h3-10H,2,11H2,1H3. The van der Waals surface area contributed by atoms with E-state index in [1.54, 1.807) is 10.6 Å². The van der Waals surface area contributed by atoms with Gasteiger partial charge >= 0.3 is 0 Å². The van der Waals surface area contributed by atoms with Gasteiger partial charge in [0, 0.05) is 0 Å². The molecule has 4 rings (SSSR count). The lowest BCUT2D eigenvalue weighted by Crippen LogP contribution is -2.24. The zero-order valence-electron chi connectivity index (χ0n) is 12.7. The highest BCUT2D eigenvalue weighted by Crippen LogP contribution is 2.21. The number of hydrogen-bond donors (Lipinski definition) is 0. The van der Waals surface area contributed by atoms with Crippen LogP contribution in [0.25, 0.3) is 16.6 Å². The molecule has 5 nitrogen and oxygen atoms in total. The van der Waals surface area contributed by atoms with E-state index in [2.05, 4.69) is 9.98 Å². The number of nitrogens with zero attached hydrogens (tertiary/aromatic N) is 3. The lowest BCUT2D eigenvalue weighted by atomic mass is 10.1. The molecule has 0 spiro atoms. The number of aromatic nitrogens is 2. The van der Waals surface area contributed by atoms with Gasteiger partial charge in [-0.2, -0.15) is 0 Å². The Bertz CT molecular complexity index is 989. The van der Waals surface area contributed by atoms with Gasteiger partial charge in [-0.25, -0.2) is 9.98 Å². The maximum atomic E-state index is 13.0. The van der Waals surface area contributed by atoms with E-state index in [1.807, 2.05) is 49.4 Å². The van der Waals surface area contributed by atoms with Crippen molar-refractivity contribution >= 4 is 16.8 Å². The van der Waals surface area contributed by atoms with E-state index in [1.165, 1.54) is 0 Å². The predicted molar refractivity (Wildman–Crippen MR) is 89.2 cm³/mol. The van der Waals surface area contributed by atoms with Crippen molar-refractivity contribution in [3.05, 3.63) is 70.3 Å². The average molecular weight is 305 g/mol. The van der Waals surface area contributed by atoms with Crippen LogP contribution in [0.4, 0.5) is 0 Å². The van der Waals surface area contributed by atoms with E-state index in [0.29, 0.717) is 35.8 Å². The van der Waals surface area contributed by atoms with Gasteiger partial charge in [-0.05, 0) is 31.2 Å². The number of benzene rings is 2. The molecule has 0 N–H and O–H groups in total. The van der Waals surface area contributed by atoms with Crippen LogP contribution >= 0.6 is 0 Å². The first-order valence-corrected chi connectivity index (χ1v) is 7.57. The minimum absolute atomic E-state index is 0.0778. The highest BCUT2D eigenvalue weighted by molar-refractivity contribution is 5.98. The molecule has 0 atom stereocenters. The van der Waals surface area contributed by atoms with E-state index < -0.39 is 0 Å². The second-order valence-corrected chi connectivity index (χ2v) is 5.26. The molecule has 0 radical (unpaired) electrons. The van der Waals surface area contributed by atoms with Crippen LogP contribution in [0.1, 0.15) is 18.3 Å². The molecule has 0 saturated carbocycles. The Kier molecular flexibility index (Phi) is 3.19. The highest BCUT2D eigenvalue weighted by atomic mass is 16.5. The van der Waals surface area contributed by atoms with Crippen LogP contribution in [0, 0.1) is 0 Å². The topological polar surface area (TPSA) is 56.5 Å². The summed E-state index contributed by atoms with van der Waals surface area (Å²) in [6.07, 6.45) is 0. The molecule has 0 aliphatic carbocycles. The maximum absolute atomic E-state index is 13.0. The molecule has 1 aliphatic heterocycles. The molecule has 2 heterocycles. The monoisotopic (exact) mass is 305 g/mol. The molecule has 3 aromatic rings. The Morgan fingerprint density at radius 3 is 2.78 bits per heavy atom. The van der Waals surface area contributed by atoms with Crippen LogP contribution in [0.5, 0.6) is 0 Å². The normalized spacial score (nSPS) is 13.0. The van der Waals surface area contributed by atoms with Crippen molar-refractivity contribution < 1.29 is 4.74 Å². The Labute approximate surface area is 132 Å². The molecule has 0 bridgehead atoms. The van der Waals surface area contributed by atoms with E-state index in [4.69, 9.17) is 4.74 Å². The molecular formula is C18H15N3O2. The molecule has 1 aliphatic rings. The first-order valence-electron chi connectivity index (χ1n) is 7.57. The molecule has 5 heteroatoms. The minimum Gasteiger partial charge on any atom is -0.478 e. The fourth-order valence-corrected chi connectivity index (χ4v) is 2.87. The van der Waals surface area contributed by atoms with E-state index in [0.717, 1.165) is 11.3 Å². The first-order chi connectivity index (χ1) is 11.3. The third-order valence-electron chi connectivity index (χ3n) is 3.87. The van der Waals surface area contributed by atoms with Crippen molar-refractivity contribution in [3.63, 3.8) is 0 Å². The van der Waals surface area contributed by atoms with Crippen molar-refractivity contribution in [1.82, 2.24) is 9.55 Å². The Balaban J connectivity index is 2.08. The summed E-state index contributed by atoms with van der Waals surface area (Å²) in [4.78, 5) is 22.1. The SMILES string of the molecule is CCOC1=NCc2nc3ccccc3c(=O)n2-c2ccccc21. The number of hydrogen-bond acceptors (Lipinski definition) is 4. The zero-order valence-corrected chi connectivity index (χ0v) is 12.7. The summed E-state index contributed by atoms with van der Waals surface area (Å²) >= 11 is 0. The molecule has 23 heavy (non-hydrogen) atoms. The van der Waals surface area contributed by atoms with Crippen molar-refractivity contribution in [3.8, 4) is 5.69 Å². The van der Waals surface area contributed by atoms with E-state index in [9.17, 15) is 4.79 Å². The fourth-order valence-electron chi connectivity index (χ4n) is 2.87. The Morgan fingerprint density at radius 2 is 1.91 bits per heavy atom. The van der Waals surface area contributed by atoms with Gasteiger partial charge in [0.05, 0.1) is 28.8 Å². The third-order valence-corrected chi connectivity index (χ3v) is 3.87. The second-order valence-electron chi connectivity index (χ2n) is 5.26. The molecular weight excluding hydrogens is 290 g/mol. The summed E-state index contributed by atoms with van der Waals surface area (Å²) in [7, 11) is 0. The summed E-state index contributed by atoms with van der Waals surface area (Å²) in [5.41, 5.74) is 2.19. The first kappa shape index (κ1) is 13.7. The van der Waals surface area contributed by atoms with Crippen LogP contribution in [0.15, 0.2) is 58.3 Å². The number of ether oxygens (including phenoxy) is 1. The van der Waals surface area contributed by atoms with Gasteiger partial charge in [0.15, 0.2) is 0 Å². The van der Waals surface area contributed by atoms with Gasteiger partial charge in [-0.15, -0.1) is 0 Å². The number of fused-ring (bicyclic) bond motifs is 4. The third kappa shape index (κ3) is 2.12. The summed E-state index contributed by atoms with van der Waals surface area (Å²) in [5.74, 6) is 1.17. The lowest BCUT2D eigenvalue weighted by molar-refractivity contribution is 0.327. The van der Waals surface area contributed by atoms with E-state index in [-0.39, 0.29) is 5.56 Å². The van der Waals surface area contributed by atoms with Gasteiger partial charge in [0.25, 0.3) is 5.56 Å². The average Bonchev–Trinajstić information content (AvgIpc) is 2.73. The zero-order chi connectivity index (χ0) is 15.8. The van der Waals surface area contributed by atoms with Crippen molar-refractivity contribution in [2.24, 2.45) is 4.99 Å². The molecule has 114 valence electrons. The maximum Gasteiger partial charge on any atom is 0.266 e. The Morgan fingerprint density at radius 1 is 1.13 bits per heavy atom. The van der Waals surface area contributed by atoms with Crippen molar-refractivity contribution in [2.75, 3.05) is 6.61 Å². The summed E-state index contributed by atoms with van der Waals surface area (Å²) in [6.45, 7) is 2.75. The number of rotatable bonds is 1. The molecule has 1 aromatic heterocycles. The van der Waals surface area contributed by atoms with Gasteiger partial charge in [0.2, 0.25) is 5.90 Å². The summed E-state index contributed by atoms with van der Waals surface area (Å²) in [5, 5.41) is 0.603. The van der Waals surface area contributed by atoms with E-state index >= 15 is 0 Å². The summed E-state index contributed by atoms with van der Waals surface area (Å²) < 4.78 is 7.31. The van der Waals surface area contributed by atoms with Crippen LogP contribution < -0.4 is 5.56 Å². The van der Waals surface area contributed by atoms with Crippen LogP contribution in [0.3, 0.4) is 0 Å². The number of aliphatic imine (C=N–C) groups is 1. The highest BCUT2D eigenvalue weighted by Gasteiger charge is 2.21. The molecule has 0 saturated heterocycles. The van der Waals surface area contributed by atoms with Crippen molar-refractivity contribution in [1.29, 1.82) is 0 Å². The van der Waals surface area contributed by atoms with Crippen LogP contribution in [-0.2, 0) is 11.3 Å². The van der Waals surface area contributed by atoms with Crippen molar-refractivity contribution in [2.45, 2.75) is 13.5 Å². The number of para-hydroxylation sites is 2. The molecule has 0 fully saturated rings.